The van der Waals surface area contributed by atoms with E-state index in [1.54, 1.807) is 36.4 Å². The summed E-state index contributed by atoms with van der Waals surface area (Å²) < 4.78 is 11.2. The number of nitrogens with zero attached hydrogens (tertiary/aromatic N) is 4. The Morgan fingerprint density at radius 3 is 1.45 bits per heavy atom. The second kappa shape index (κ2) is 24.7. The Bertz CT molecular complexity index is 2600. The summed E-state index contributed by atoms with van der Waals surface area (Å²) in [7, 11) is 0. The van der Waals surface area contributed by atoms with Crippen LogP contribution in [0.1, 0.15) is 86.3 Å². The first-order valence-corrected chi connectivity index (χ1v) is 21.2. The van der Waals surface area contributed by atoms with Crippen LogP contribution in [0.2, 0.25) is 10.0 Å². The van der Waals surface area contributed by atoms with Crippen LogP contribution in [0.5, 0.6) is 11.5 Å². The number of tetrazole rings is 1. The number of hydrogen-bond donors (Lipinski definition) is 3. The molecule has 1 aromatic heterocycles. The predicted molar refractivity (Wildman–Crippen MR) is 260 cm³/mol. The first kappa shape index (κ1) is 50.6. The molecule has 336 valence electrons. The van der Waals surface area contributed by atoms with Crippen LogP contribution >= 0.6 is 23.2 Å². The largest absolute Gasteiger partial charge is 0.489 e. The second-order valence-electron chi connectivity index (χ2n) is 15.1. The van der Waals surface area contributed by atoms with Crippen LogP contribution in [0.15, 0.2) is 146 Å². The van der Waals surface area contributed by atoms with Crippen molar-refractivity contribution in [3.63, 3.8) is 0 Å². The Morgan fingerprint density at radius 2 is 1.05 bits per heavy atom. The van der Waals surface area contributed by atoms with Crippen molar-refractivity contribution in [3.05, 3.63) is 184 Å². The lowest BCUT2D eigenvalue weighted by atomic mass is 10.00. The van der Waals surface area contributed by atoms with Gasteiger partial charge < -0.3 is 20.1 Å². The van der Waals surface area contributed by atoms with E-state index in [0.29, 0.717) is 51.3 Å². The maximum absolute atomic E-state index is 13.0. The maximum atomic E-state index is 13.0. The first-order valence-electron chi connectivity index (χ1n) is 20.4. The van der Waals surface area contributed by atoms with Crippen molar-refractivity contribution in [2.45, 2.75) is 79.7 Å². The van der Waals surface area contributed by atoms with Gasteiger partial charge >= 0.3 is 0 Å². The number of ether oxygens (including phenoxy) is 2. The van der Waals surface area contributed by atoms with Gasteiger partial charge in [-0.15, -0.1) is 10.2 Å². The number of H-pyrrole nitrogens is 1. The van der Waals surface area contributed by atoms with Crippen LogP contribution in [-0.4, -0.2) is 50.7 Å². The van der Waals surface area contributed by atoms with Gasteiger partial charge in [0.2, 0.25) is 0 Å². The molecule has 0 bridgehead atoms. The van der Waals surface area contributed by atoms with Gasteiger partial charge in [0.1, 0.15) is 17.5 Å². The molecule has 0 aliphatic heterocycles. The van der Waals surface area contributed by atoms with Gasteiger partial charge in [-0.2, -0.15) is 10.5 Å². The number of nitriles is 1. The summed E-state index contributed by atoms with van der Waals surface area (Å²) in [4.78, 5) is 25.5. The van der Waals surface area contributed by atoms with E-state index >= 15 is 0 Å². The normalized spacial score (nSPS) is 11.4. The van der Waals surface area contributed by atoms with Crippen molar-refractivity contribution >= 4 is 35.0 Å². The van der Waals surface area contributed by atoms with E-state index < -0.39 is 12.1 Å². The molecule has 13 heteroatoms. The van der Waals surface area contributed by atoms with E-state index in [-0.39, 0.29) is 38.9 Å². The lowest BCUT2D eigenvalue weighted by Gasteiger charge is -2.17. The van der Waals surface area contributed by atoms with Crippen molar-refractivity contribution in [2.24, 2.45) is 0 Å². The zero-order chi connectivity index (χ0) is 44.7. The molecule has 0 fully saturated rings. The molecule has 0 radical (unpaired) electrons. The van der Waals surface area contributed by atoms with E-state index in [9.17, 15) is 14.9 Å². The smallest absolute Gasteiger partial charge is 0.252 e. The molecule has 1 heterocycles. The molecule has 0 spiro atoms. The Balaban J connectivity index is 0.000000277. The van der Waals surface area contributed by atoms with Crippen molar-refractivity contribution < 1.29 is 19.1 Å². The minimum absolute atomic E-state index is 0. The highest BCUT2D eigenvalue weighted by atomic mass is 35.5. The van der Waals surface area contributed by atoms with E-state index in [1.807, 2.05) is 100 Å². The average Bonchev–Trinajstić information content (AvgIpc) is 3.84. The Kier molecular flexibility index (Phi) is 19.3. The fourth-order valence-electron chi connectivity index (χ4n) is 6.52. The molecule has 2 atom stereocenters. The fraction of sp³-hybridized carbons (Fsp3) is 0.231. The zero-order valence-electron chi connectivity index (χ0n) is 35.3. The van der Waals surface area contributed by atoms with E-state index in [0.717, 1.165) is 33.4 Å². The quantitative estimate of drug-likeness (QED) is 0.0918. The first-order chi connectivity index (χ1) is 30.4. The maximum Gasteiger partial charge on any atom is 0.252 e. The van der Waals surface area contributed by atoms with Gasteiger partial charge in [-0.3, -0.25) is 9.59 Å². The van der Waals surface area contributed by atoms with Gasteiger partial charge in [0.25, 0.3) is 11.8 Å². The molecule has 11 nitrogen and oxygen atoms in total. The van der Waals surface area contributed by atoms with Crippen molar-refractivity contribution in [3.8, 4) is 39.8 Å². The minimum atomic E-state index is -0.648. The number of aromatic nitrogens is 4. The summed E-state index contributed by atoms with van der Waals surface area (Å²) in [6, 6.07) is 47.3. The van der Waals surface area contributed by atoms with Crippen LogP contribution in [0, 0.1) is 11.3 Å². The summed E-state index contributed by atoms with van der Waals surface area (Å²) in [5.41, 5.74) is 7.32. The predicted octanol–water partition coefficient (Wildman–Crippen LogP) is 12.0. The molecule has 2 amide bonds. The van der Waals surface area contributed by atoms with Crippen LogP contribution in [0.4, 0.5) is 0 Å². The van der Waals surface area contributed by atoms with Gasteiger partial charge in [-0.05, 0) is 97.5 Å². The number of nitrogens with one attached hydrogen (secondary N) is 3. The Morgan fingerprint density at radius 1 is 0.615 bits per heavy atom. The summed E-state index contributed by atoms with van der Waals surface area (Å²) in [5.74, 6) is 0.834. The van der Waals surface area contributed by atoms with E-state index in [4.69, 9.17) is 32.7 Å². The molecular formula is C52H55Cl2N7O4. The fourth-order valence-corrected chi connectivity index (χ4v) is 6.97. The van der Waals surface area contributed by atoms with E-state index in [1.165, 1.54) is 0 Å². The Labute approximate surface area is 392 Å². The molecule has 65 heavy (non-hydrogen) atoms. The molecule has 0 aliphatic rings. The Hall–Kier alpha value is -7.00. The third-order valence-corrected chi connectivity index (χ3v) is 10.1. The van der Waals surface area contributed by atoms with Crippen LogP contribution < -0.4 is 20.1 Å². The highest BCUT2D eigenvalue weighted by molar-refractivity contribution is 6.32. The lowest BCUT2D eigenvalue weighted by molar-refractivity contribution is 0.0930. The summed E-state index contributed by atoms with van der Waals surface area (Å²) >= 11 is 12.5. The summed E-state index contributed by atoms with van der Waals surface area (Å²) in [6.45, 7) is 7.64. The summed E-state index contributed by atoms with van der Waals surface area (Å²) in [5, 5.41) is 30.3. The van der Waals surface area contributed by atoms with Gasteiger partial charge in [-0.25, -0.2) is 0 Å². The topological polar surface area (TPSA) is 155 Å². The number of amides is 2. The van der Waals surface area contributed by atoms with Crippen LogP contribution in [0.25, 0.3) is 22.3 Å². The SMILES string of the molecule is C.C.CC(C)Oc1ccc(C(=O)NC(C#N)Cc2ccc(-c3ccccc3)cc2)cc1Cl.CC(C)Oc1ccc(C(=O)NC(Cc2ccc(-c3ccccc3)cc2)c2nn[nH]n2)cc1Cl. The highest BCUT2D eigenvalue weighted by Gasteiger charge is 2.22. The van der Waals surface area contributed by atoms with Crippen LogP contribution in [-0.2, 0) is 12.8 Å². The third-order valence-electron chi connectivity index (χ3n) is 9.56. The molecule has 7 rings (SSSR count). The minimum Gasteiger partial charge on any atom is -0.489 e. The standard InChI is InChI=1S/C25H24ClN5O2.C25H23ClN2O2.2CH4/c1-16(2)33-23-13-12-20(15-21(23)26)25(32)27-22(24-28-30-31-29-24)14-17-8-10-19(11-9-17)18-6-4-3-5-7-18;1-17(2)30-24-13-12-21(15-23(24)26)25(29)28-22(16-27)14-18-8-10-20(11-9-18)19-6-4-3-5-7-19;;/h3-13,15-16,22H,14H2,1-2H3,(H,27,32)(H,28,29,30,31);3-13,15,17,22H,14H2,1-2H3,(H,28,29);2*1H4. The monoisotopic (exact) mass is 911 g/mol. The van der Waals surface area contributed by atoms with E-state index in [2.05, 4.69) is 73.7 Å². The molecular weight excluding hydrogens is 858 g/mol. The number of carbonyl (C=O) groups excluding carboxylic acids is 2. The second-order valence-corrected chi connectivity index (χ2v) is 15.9. The molecule has 7 aromatic rings. The third kappa shape index (κ3) is 14.8. The van der Waals surface area contributed by atoms with Gasteiger partial charge in [0.05, 0.1) is 34.4 Å². The molecule has 0 aliphatic carbocycles. The molecule has 6 aromatic carbocycles. The van der Waals surface area contributed by atoms with Crippen molar-refractivity contribution in [2.75, 3.05) is 0 Å². The number of halogens is 2. The number of rotatable bonds is 15. The number of carbonyl (C=O) groups is 2. The summed E-state index contributed by atoms with van der Waals surface area (Å²) in [6.07, 6.45) is 0.888. The number of aromatic amines is 1. The molecule has 3 N–H and O–H groups in total. The van der Waals surface area contributed by atoms with Gasteiger partial charge in [0.15, 0.2) is 5.82 Å². The van der Waals surface area contributed by atoms with Crippen LogP contribution in [0.3, 0.4) is 0 Å². The molecule has 0 saturated carbocycles. The average molecular weight is 913 g/mol. The molecule has 2 unspecified atom stereocenters. The molecule has 0 saturated heterocycles. The highest BCUT2D eigenvalue weighted by Crippen LogP contribution is 2.29. The van der Waals surface area contributed by atoms with Crippen molar-refractivity contribution in [1.29, 1.82) is 5.26 Å². The number of benzene rings is 6. The zero-order valence-corrected chi connectivity index (χ0v) is 36.8. The van der Waals surface area contributed by atoms with Gasteiger partial charge in [-0.1, -0.05) is 152 Å². The number of hydrogen-bond acceptors (Lipinski definition) is 8. The van der Waals surface area contributed by atoms with Gasteiger partial charge in [0, 0.05) is 24.0 Å². The van der Waals surface area contributed by atoms with Crippen molar-refractivity contribution in [1.82, 2.24) is 31.3 Å². The lowest BCUT2D eigenvalue weighted by Crippen LogP contribution is -2.35.